The minimum atomic E-state index is -1.36. The third-order valence-corrected chi connectivity index (χ3v) is 4.38. The van der Waals surface area contributed by atoms with Gasteiger partial charge in [-0.05, 0) is 12.0 Å². The summed E-state index contributed by atoms with van der Waals surface area (Å²) >= 11 is 0. The lowest BCUT2D eigenvalue weighted by Crippen LogP contribution is -2.54. The van der Waals surface area contributed by atoms with E-state index in [0.29, 0.717) is 5.56 Å². The lowest BCUT2D eigenvalue weighted by molar-refractivity contribution is -0.141. The van der Waals surface area contributed by atoms with Gasteiger partial charge in [-0.25, -0.2) is 4.79 Å². The van der Waals surface area contributed by atoms with Gasteiger partial charge in [0.15, 0.2) is 0 Å². The predicted molar refractivity (Wildman–Crippen MR) is 113 cm³/mol. The molecule has 0 aliphatic heterocycles. The molecular formula is C20H27N5O8. The molecule has 0 saturated heterocycles. The molecule has 3 unspecified atom stereocenters. The summed E-state index contributed by atoms with van der Waals surface area (Å²) in [5.41, 5.74) is 11.2. The zero-order valence-corrected chi connectivity index (χ0v) is 17.7. The Hall–Kier alpha value is -4.00. The molecule has 13 heteroatoms. The molecule has 4 amide bonds. The summed E-state index contributed by atoms with van der Waals surface area (Å²) in [6.45, 7) is -0.621. The van der Waals surface area contributed by atoms with Crippen LogP contribution in [0.1, 0.15) is 24.8 Å². The number of nitrogens with one attached hydrogen (secondary N) is 3. The van der Waals surface area contributed by atoms with Gasteiger partial charge in [-0.2, -0.15) is 0 Å². The molecule has 0 radical (unpaired) electrons. The Morgan fingerprint density at radius 2 is 1.55 bits per heavy atom. The van der Waals surface area contributed by atoms with E-state index in [1.807, 2.05) is 0 Å². The molecule has 1 rings (SSSR count). The number of rotatable bonds is 14. The first-order chi connectivity index (χ1) is 15.5. The summed E-state index contributed by atoms with van der Waals surface area (Å²) in [5, 5.41) is 24.9. The van der Waals surface area contributed by atoms with Crippen molar-refractivity contribution in [3.8, 4) is 0 Å². The normalized spacial score (nSPS) is 13.1. The van der Waals surface area contributed by atoms with Crippen molar-refractivity contribution in [2.45, 2.75) is 43.8 Å². The molecule has 0 bridgehead atoms. The van der Waals surface area contributed by atoms with Crippen LogP contribution in [0.15, 0.2) is 30.3 Å². The monoisotopic (exact) mass is 465 g/mol. The number of benzene rings is 1. The number of nitrogens with two attached hydrogens (primary N) is 2. The zero-order chi connectivity index (χ0) is 25.0. The molecule has 1 aromatic rings. The molecule has 0 heterocycles. The molecule has 0 aliphatic carbocycles. The summed E-state index contributed by atoms with van der Waals surface area (Å²) in [5.74, 6) is -5.94. The third kappa shape index (κ3) is 10.7. The first-order valence-corrected chi connectivity index (χ1v) is 9.89. The van der Waals surface area contributed by atoms with Gasteiger partial charge >= 0.3 is 11.9 Å². The van der Waals surface area contributed by atoms with Crippen LogP contribution < -0.4 is 27.4 Å². The van der Waals surface area contributed by atoms with Crippen LogP contribution in [-0.4, -0.2) is 70.5 Å². The van der Waals surface area contributed by atoms with Gasteiger partial charge in [0, 0.05) is 12.8 Å². The van der Waals surface area contributed by atoms with Crippen LogP contribution >= 0.6 is 0 Å². The molecule has 0 aliphatic rings. The van der Waals surface area contributed by atoms with Crippen molar-refractivity contribution in [1.82, 2.24) is 16.0 Å². The van der Waals surface area contributed by atoms with Gasteiger partial charge in [0.2, 0.25) is 23.6 Å². The molecule has 9 N–H and O–H groups in total. The summed E-state index contributed by atoms with van der Waals surface area (Å²) < 4.78 is 0. The number of primary amides is 1. The number of aliphatic carboxylic acids is 2. The highest BCUT2D eigenvalue weighted by Gasteiger charge is 2.26. The van der Waals surface area contributed by atoms with E-state index in [-0.39, 0.29) is 12.8 Å². The second kappa shape index (κ2) is 13.4. The van der Waals surface area contributed by atoms with Gasteiger partial charge in [-0.15, -0.1) is 0 Å². The number of amides is 4. The van der Waals surface area contributed by atoms with Crippen LogP contribution in [0.4, 0.5) is 0 Å². The van der Waals surface area contributed by atoms with E-state index in [1.165, 1.54) is 0 Å². The SMILES string of the molecule is NC(=O)CC(N)C(=O)NC(CCC(=O)O)C(=O)NCC(=O)NC(Cc1ccccc1)C(=O)O. The van der Waals surface area contributed by atoms with Crippen molar-refractivity contribution >= 4 is 35.6 Å². The minimum Gasteiger partial charge on any atom is -0.481 e. The van der Waals surface area contributed by atoms with Crippen molar-refractivity contribution in [2.24, 2.45) is 11.5 Å². The van der Waals surface area contributed by atoms with Gasteiger partial charge in [0.05, 0.1) is 19.0 Å². The Bertz CT molecular complexity index is 876. The van der Waals surface area contributed by atoms with E-state index < -0.39 is 73.1 Å². The van der Waals surface area contributed by atoms with E-state index >= 15 is 0 Å². The Morgan fingerprint density at radius 1 is 0.909 bits per heavy atom. The lowest BCUT2D eigenvalue weighted by atomic mass is 10.1. The standard InChI is InChI=1S/C20H27N5O8/c21-12(9-15(22)26)18(30)25-13(6-7-17(28)29)19(31)23-10-16(27)24-14(20(32)33)8-11-4-2-1-3-5-11/h1-5,12-14H,6-10,21H2,(H2,22,26)(H,23,31)(H,24,27)(H,25,30)(H,28,29)(H,32,33). The maximum absolute atomic E-state index is 12.4. The topological polar surface area (TPSA) is 231 Å². The number of carboxylic acids is 2. The van der Waals surface area contributed by atoms with Crippen LogP contribution in [0.25, 0.3) is 0 Å². The quantitative estimate of drug-likeness (QED) is 0.153. The number of carbonyl (C=O) groups excluding carboxylic acids is 4. The lowest BCUT2D eigenvalue weighted by Gasteiger charge is -2.20. The van der Waals surface area contributed by atoms with Crippen molar-refractivity contribution in [3.05, 3.63) is 35.9 Å². The highest BCUT2D eigenvalue weighted by atomic mass is 16.4. The third-order valence-electron chi connectivity index (χ3n) is 4.38. The average Bonchev–Trinajstić information content (AvgIpc) is 2.74. The van der Waals surface area contributed by atoms with Crippen molar-refractivity contribution in [3.63, 3.8) is 0 Å². The van der Waals surface area contributed by atoms with Crippen molar-refractivity contribution in [2.75, 3.05) is 6.54 Å². The largest absolute Gasteiger partial charge is 0.481 e. The minimum absolute atomic E-state index is 0.0188. The summed E-state index contributed by atoms with van der Waals surface area (Å²) in [6, 6.07) is 4.64. The molecular weight excluding hydrogens is 438 g/mol. The van der Waals surface area contributed by atoms with Crippen LogP contribution in [0, 0.1) is 0 Å². The molecule has 1 aromatic carbocycles. The van der Waals surface area contributed by atoms with Gasteiger partial charge in [-0.1, -0.05) is 30.3 Å². The summed E-state index contributed by atoms with van der Waals surface area (Å²) in [6.07, 6.45) is -1.26. The molecule has 0 saturated carbocycles. The Labute approximate surface area is 188 Å². The summed E-state index contributed by atoms with van der Waals surface area (Å²) in [7, 11) is 0. The maximum atomic E-state index is 12.4. The second-order valence-corrected chi connectivity index (χ2v) is 7.14. The van der Waals surface area contributed by atoms with Gasteiger partial charge in [-0.3, -0.25) is 24.0 Å². The highest BCUT2D eigenvalue weighted by molar-refractivity contribution is 5.94. The molecule has 3 atom stereocenters. The van der Waals surface area contributed by atoms with E-state index in [9.17, 15) is 33.9 Å². The molecule has 13 nitrogen and oxygen atoms in total. The fourth-order valence-corrected chi connectivity index (χ4v) is 2.71. The van der Waals surface area contributed by atoms with E-state index in [4.69, 9.17) is 16.6 Å². The molecule has 0 aromatic heterocycles. The maximum Gasteiger partial charge on any atom is 0.326 e. The molecule has 180 valence electrons. The first kappa shape index (κ1) is 27.0. The smallest absolute Gasteiger partial charge is 0.326 e. The van der Waals surface area contributed by atoms with Gasteiger partial charge in [0.1, 0.15) is 12.1 Å². The Balaban J connectivity index is 2.69. The Kier molecular flexibility index (Phi) is 11.0. The zero-order valence-electron chi connectivity index (χ0n) is 17.7. The average molecular weight is 465 g/mol. The fourth-order valence-electron chi connectivity index (χ4n) is 2.71. The second-order valence-electron chi connectivity index (χ2n) is 7.14. The van der Waals surface area contributed by atoms with Crippen LogP contribution in [-0.2, 0) is 35.2 Å². The number of carboxylic acid groups (broad SMARTS) is 2. The summed E-state index contributed by atoms with van der Waals surface area (Å²) in [4.78, 5) is 69.8. The molecule has 0 spiro atoms. The predicted octanol–water partition coefficient (Wildman–Crippen LogP) is -2.53. The Morgan fingerprint density at radius 3 is 2.09 bits per heavy atom. The van der Waals surface area contributed by atoms with E-state index in [2.05, 4.69) is 16.0 Å². The fraction of sp³-hybridized carbons (Fsp3) is 0.400. The van der Waals surface area contributed by atoms with Crippen LogP contribution in [0.5, 0.6) is 0 Å². The molecule has 33 heavy (non-hydrogen) atoms. The van der Waals surface area contributed by atoms with E-state index in [0.717, 1.165) is 0 Å². The highest BCUT2D eigenvalue weighted by Crippen LogP contribution is 2.04. The first-order valence-electron chi connectivity index (χ1n) is 9.89. The van der Waals surface area contributed by atoms with Gasteiger partial charge < -0.3 is 37.6 Å². The van der Waals surface area contributed by atoms with Crippen molar-refractivity contribution in [1.29, 1.82) is 0 Å². The van der Waals surface area contributed by atoms with E-state index in [1.54, 1.807) is 30.3 Å². The van der Waals surface area contributed by atoms with Gasteiger partial charge in [0.25, 0.3) is 0 Å². The number of carbonyl (C=O) groups is 6. The van der Waals surface area contributed by atoms with Crippen LogP contribution in [0.3, 0.4) is 0 Å². The van der Waals surface area contributed by atoms with Crippen molar-refractivity contribution < 1.29 is 39.0 Å². The number of hydrogen-bond acceptors (Lipinski definition) is 7. The number of hydrogen-bond donors (Lipinski definition) is 7. The van der Waals surface area contributed by atoms with Crippen LogP contribution in [0.2, 0.25) is 0 Å². The molecule has 0 fully saturated rings.